The highest BCUT2D eigenvalue weighted by Crippen LogP contribution is 2.23. The SMILES string of the molecule is COc1cccnc1C(O)C(C)O. The number of hydrogen-bond acceptors (Lipinski definition) is 4. The molecular formula is C9H13NO3. The van der Waals surface area contributed by atoms with E-state index in [2.05, 4.69) is 4.98 Å². The number of ether oxygens (including phenoxy) is 1. The zero-order valence-corrected chi connectivity index (χ0v) is 7.64. The van der Waals surface area contributed by atoms with Gasteiger partial charge in [-0.15, -0.1) is 0 Å². The van der Waals surface area contributed by atoms with Crippen molar-refractivity contribution in [3.63, 3.8) is 0 Å². The number of nitrogens with zero attached hydrogens (tertiary/aromatic N) is 1. The van der Waals surface area contributed by atoms with Crippen LogP contribution in [0.1, 0.15) is 18.7 Å². The molecule has 1 heterocycles. The first kappa shape index (κ1) is 9.95. The van der Waals surface area contributed by atoms with E-state index in [1.165, 1.54) is 14.0 Å². The Bertz CT molecular complexity index is 275. The summed E-state index contributed by atoms with van der Waals surface area (Å²) < 4.78 is 4.98. The van der Waals surface area contributed by atoms with E-state index in [0.717, 1.165) is 0 Å². The first-order valence-electron chi connectivity index (χ1n) is 4.02. The van der Waals surface area contributed by atoms with E-state index in [1.807, 2.05) is 0 Å². The van der Waals surface area contributed by atoms with Gasteiger partial charge in [-0.3, -0.25) is 4.98 Å². The van der Waals surface area contributed by atoms with Crippen LogP contribution in [0, 0.1) is 0 Å². The van der Waals surface area contributed by atoms with Crippen LogP contribution in [0.4, 0.5) is 0 Å². The lowest BCUT2D eigenvalue weighted by molar-refractivity contribution is 0.0262. The Morgan fingerprint density at radius 2 is 2.15 bits per heavy atom. The molecule has 0 aliphatic rings. The summed E-state index contributed by atoms with van der Waals surface area (Å²) in [6.45, 7) is 1.50. The highest BCUT2D eigenvalue weighted by Gasteiger charge is 2.18. The second-order valence-corrected chi connectivity index (χ2v) is 2.78. The van der Waals surface area contributed by atoms with E-state index in [4.69, 9.17) is 9.84 Å². The summed E-state index contributed by atoms with van der Waals surface area (Å²) in [4.78, 5) is 3.94. The van der Waals surface area contributed by atoms with Crippen LogP contribution in [0.25, 0.3) is 0 Å². The van der Waals surface area contributed by atoms with Gasteiger partial charge >= 0.3 is 0 Å². The van der Waals surface area contributed by atoms with Gasteiger partial charge < -0.3 is 14.9 Å². The molecule has 13 heavy (non-hydrogen) atoms. The maximum Gasteiger partial charge on any atom is 0.143 e. The Balaban J connectivity index is 2.98. The lowest BCUT2D eigenvalue weighted by atomic mass is 10.1. The van der Waals surface area contributed by atoms with Crippen LogP contribution < -0.4 is 4.74 Å². The standard InChI is InChI=1S/C9H13NO3/c1-6(11)9(12)8-7(13-2)4-3-5-10-8/h3-6,9,11-12H,1-2H3. The molecule has 0 saturated carbocycles. The molecule has 0 radical (unpaired) electrons. The Morgan fingerprint density at radius 3 is 2.69 bits per heavy atom. The smallest absolute Gasteiger partial charge is 0.143 e. The summed E-state index contributed by atoms with van der Waals surface area (Å²) >= 11 is 0. The molecule has 0 aliphatic carbocycles. The van der Waals surface area contributed by atoms with E-state index < -0.39 is 12.2 Å². The van der Waals surface area contributed by atoms with Crippen molar-refractivity contribution in [1.29, 1.82) is 0 Å². The van der Waals surface area contributed by atoms with Crippen molar-refractivity contribution in [2.45, 2.75) is 19.1 Å². The average molecular weight is 183 g/mol. The molecule has 0 spiro atoms. The molecule has 0 bridgehead atoms. The molecular weight excluding hydrogens is 170 g/mol. The van der Waals surface area contributed by atoms with E-state index in [-0.39, 0.29) is 0 Å². The molecule has 1 aromatic rings. The fraction of sp³-hybridized carbons (Fsp3) is 0.444. The summed E-state index contributed by atoms with van der Waals surface area (Å²) in [7, 11) is 1.50. The van der Waals surface area contributed by atoms with Gasteiger partial charge in [0, 0.05) is 6.20 Å². The molecule has 0 fully saturated rings. The second-order valence-electron chi connectivity index (χ2n) is 2.78. The Labute approximate surface area is 76.8 Å². The summed E-state index contributed by atoms with van der Waals surface area (Å²) in [5.41, 5.74) is 0.361. The maximum absolute atomic E-state index is 9.52. The predicted octanol–water partition coefficient (Wildman–Crippen LogP) is 0.504. The normalized spacial score (nSPS) is 15.1. The summed E-state index contributed by atoms with van der Waals surface area (Å²) in [6, 6.07) is 3.39. The van der Waals surface area contributed by atoms with Crippen LogP contribution in [0.15, 0.2) is 18.3 Å². The van der Waals surface area contributed by atoms with Gasteiger partial charge in [0.25, 0.3) is 0 Å². The van der Waals surface area contributed by atoms with Crippen LogP contribution in [-0.2, 0) is 0 Å². The van der Waals surface area contributed by atoms with E-state index >= 15 is 0 Å². The zero-order valence-electron chi connectivity index (χ0n) is 7.64. The number of aromatic nitrogens is 1. The van der Waals surface area contributed by atoms with Crippen molar-refractivity contribution in [1.82, 2.24) is 4.98 Å². The summed E-state index contributed by atoms with van der Waals surface area (Å²) in [5.74, 6) is 0.482. The van der Waals surface area contributed by atoms with Gasteiger partial charge in [0.15, 0.2) is 0 Å². The van der Waals surface area contributed by atoms with Gasteiger partial charge in [0.2, 0.25) is 0 Å². The van der Waals surface area contributed by atoms with Gasteiger partial charge in [-0.05, 0) is 19.1 Å². The van der Waals surface area contributed by atoms with Gasteiger partial charge in [-0.2, -0.15) is 0 Å². The van der Waals surface area contributed by atoms with Crippen molar-refractivity contribution in [2.75, 3.05) is 7.11 Å². The summed E-state index contributed by atoms with van der Waals surface area (Å²) in [6.07, 6.45) is -0.316. The van der Waals surface area contributed by atoms with Crippen LogP contribution in [0.5, 0.6) is 5.75 Å². The number of methoxy groups -OCH3 is 1. The zero-order chi connectivity index (χ0) is 9.84. The minimum absolute atomic E-state index is 0.361. The number of pyridine rings is 1. The monoisotopic (exact) mass is 183 g/mol. The number of aliphatic hydroxyl groups is 2. The molecule has 0 aliphatic heterocycles. The van der Waals surface area contributed by atoms with Gasteiger partial charge in [0.1, 0.15) is 17.5 Å². The third-order valence-electron chi connectivity index (χ3n) is 1.76. The minimum Gasteiger partial charge on any atom is -0.495 e. The number of rotatable bonds is 3. The third-order valence-corrected chi connectivity index (χ3v) is 1.76. The molecule has 2 atom stereocenters. The number of aliphatic hydroxyl groups excluding tert-OH is 2. The van der Waals surface area contributed by atoms with Gasteiger partial charge in [-0.1, -0.05) is 0 Å². The lowest BCUT2D eigenvalue weighted by Crippen LogP contribution is -2.16. The highest BCUT2D eigenvalue weighted by molar-refractivity contribution is 5.28. The molecule has 1 aromatic heterocycles. The molecule has 4 heteroatoms. The molecule has 4 nitrogen and oxygen atoms in total. The van der Waals surface area contributed by atoms with Crippen LogP contribution in [-0.4, -0.2) is 28.4 Å². The van der Waals surface area contributed by atoms with Crippen molar-refractivity contribution >= 4 is 0 Å². The first-order chi connectivity index (χ1) is 6.16. The molecule has 0 saturated heterocycles. The van der Waals surface area contributed by atoms with Crippen LogP contribution >= 0.6 is 0 Å². The van der Waals surface area contributed by atoms with Crippen LogP contribution in [0.3, 0.4) is 0 Å². The molecule has 2 unspecified atom stereocenters. The van der Waals surface area contributed by atoms with E-state index in [9.17, 15) is 5.11 Å². The van der Waals surface area contributed by atoms with E-state index in [0.29, 0.717) is 11.4 Å². The quantitative estimate of drug-likeness (QED) is 0.716. The molecule has 0 amide bonds. The largest absolute Gasteiger partial charge is 0.495 e. The van der Waals surface area contributed by atoms with Crippen LogP contribution in [0.2, 0.25) is 0 Å². The summed E-state index contributed by atoms with van der Waals surface area (Å²) in [5, 5.41) is 18.7. The van der Waals surface area contributed by atoms with Gasteiger partial charge in [0.05, 0.1) is 13.2 Å². The second kappa shape index (κ2) is 4.20. The van der Waals surface area contributed by atoms with Crippen molar-refractivity contribution in [3.8, 4) is 5.75 Å². The Hall–Kier alpha value is -1.13. The Morgan fingerprint density at radius 1 is 1.46 bits per heavy atom. The topological polar surface area (TPSA) is 62.6 Å². The fourth-order valence-corrected chi connectivity index (χ4v) is 1.03. The van der Waals surface area contributed by atoms with Crippen molar-refractivity contribution in [3.05, 3.63) is 24.0 Å². The minimum atomic E-state index is -1.00. The molecule has 2 N–H and O–H groups in total. The highest BCUT2D eigenvalue weighted by atomic mass is 16.5. The van der Waals surface area contributed by atoms with Crippen molar-refractivity contribution < 1.29 is 14.9 Å². The first-order valence-corrected chi connectivity index (χ1v) is 4.02. The molecule has 0 aromatic carbocycles. The third kappa shape index (κ3) is 2.17. The predicted molar refractivity (Wildman–Crippen MR) is 47.4 cm³/mol. The lowest BCUT2D eigenvalue weighted by Gasteiger charge is -2.15. The fourth-order valence-electron chi connectivity index (χ4n) is 1.03. The maximum atomic E-state index is 9.52. The Kier molecular flexibility index (Phi) is 3.22. The molecule has 1 rings (SSSR count). The van der Waals surface area contributed by atoms with Gasteiger partial charge in [-0.25, -0.2) is 0 Å². The average Bonchev–Trinajstić information content (AvgIpc) is 2.16. The number of hydrogen-bond donors (Lipinski definition) is 2. The van der Waals surface area contributed by atoms with E-state index in [1.54, 1.807) is 18.3 Å². The van der Waals surface area contributed by atoms with Crippen molar-refractivity contribution in [2.24, 2.45) is 0 Å². The molecule has 72 valence electrons.